The van der Waals surface area contributed by atoms with Crippen molar-refractivity contribution >= 4 is 5.57 Å². The fourth-order valence-electron chi connectivity index (χ4n) is 2.45. The van der Waals surface area contributed by atoms with Gasteiger partial charge in [-0.3, -0.25) is 0 Å². The van der Waals surface area contributed by atoms with Crippen LogP contribution in [0, 0.1) is 6.92 Å². The molecule has 96 valence electrons. The van der Waals surface area contributed by atoms with Crippen molar-refractivity contribution in [2.45, 2.75) is 32.6 Å². The smallest absolute Gasteiger partial charge is 0.159 e. The molecule has 1 aliphatic carbocycles. The van der Waals surface area contributed by atoms with E-state index in [2.05, 4.69) is 47.2 Å². The van der Waals surface area contributed by atoms with E-state index in [-0.39, 0.29) is 0 Å². The summed E-state index contributed by atoms with van der Waals surface area (Å²) in [5, 5.41) is 0. The SMILES string of the molecule is Cc1ccc(-c2ncc(C3=CCCCC3)cn2)cc1. The molecule has 0 bridgehead atoms. The first kappa shape index (κ1) is 12.1. The van der Waals surface area contributed by atoms with Gasteiger partial charge in [0.2, 0.25) is 0 Å². The van der Waals surface area contributed by atoms with E-state index in [9.17, 15) is 0 Å². The Kier molecular flexibility index (Phi) is 3.41. The Labute approximate surface area is 114 Å². The summed E-state index contributed by atoms with van der Waals surface area (Å²) >= 11 is 0. The van der Waals surface area contributed by atoms with E-state index >= 15 is 0 Å². The molecule has 2 heteroatoms. The molecular weight excluding hydrogens is 232 g/mol. The summed E-state index contributed by atoms with van der Waals surface area (Å²) in [6.45, 7) is 2.09. The molecule has 0 radical (unpaired) electrons. The molecule has 0 spiro atoms. The van der Waals surface area contributed by atoms with Gasteiger partial charge in [0.15, 0.2) is 5.82 Å². The molecule has 1 aliphatic rings. The maximum Gasteiger partial charge on any atom is 0.159 e. The summed E-state index contributed by atoms with van der Waals surface area (Å²) in [7, 11) is 0. The molecule has 0 fully saturated rings. The monoisotopic (exact) mass is 250 g/mol. The standard InChI is InChI=1S/C17H18N2/c1-13-7-9-15(10-8-13)17-18-11-16(12-19-17)14-5-3-2-4-6-14/h5,7-12H,2-4,6H2,1H3. The Morgan fingerprint density at radius 3 is 2.26 bits per heavy atom. The number of benzene rings is 1. The van der Waals surface area contributed by atoms with Gasteiger partial charge in [-0.15, -0.1) is 0 Å². The number of rotatable bonds is 2. The predicted octanol–water partition coefficient (Wildman–Crippen LogP) is 4.41. The molecule has 1 aromatic heterocycles. The van der Waals surface area contributed by atoms with Crippen molar-refractivity contribution in [2.75, 3.05) is 0 Å². The van der Waals surface area contributed by atoms with Crippen LogP contribution in [0.1, 0.15) is 36.8 Å². The van der Waals surface area contributed by atoms with Gasteiger partial charge in [0, 0.05) is 23.5 Å². The third kappa shape index (κ3) is 2.73. The molecular formula is C17H18N2. The zero-order valence-electron chi connectivity index (χ0n) is 11.3. The van der Waals surface area contributed by atoms with Gasteiger partial charge in [0.05, 0.1) is 0 Å². The topological polar surface area (TPSA) is 25.8 Å². The Hall–Kier alpha value is -1.96. The van der Waals surface area contributed by atoms with Crippen molar-refractivity contribution in [3.05, 3.63) is 53.9 Å². The van der Waals surface area contributed by atoms with E-state index in [1.54, 1.807) is 0 Å². The van der Waals surface area contributed by atoms with Crippen LogP contribution in [0.3, 0.4) is 0 Å². The van der Waals surface area contributed by atoms with Crippen LogP contribution in [-0.2, 0) is 0 Å². The quantitative estimate of drug-likeness (QED) is 0.789. The molecule has 0 atom stereocenters. The number of allylic oxidation sites excluding steroid dienone is 2. The minimum absolute atomic E-state index is 0.806. The third-order valence-corrected chi connectivity index (χ3v) is 3.62. The van der Waals surface area contributed by atoms with E-state index in [1.165, 1.54) is 36.0 Å². The second-order valence-corrected chi connectivity index (χ2v) is 5.14. The van der Waals surface area contributed by atoms with Crippen LogP contribution < -0.4 is 0 Å². The third-order valence-electron chi connectivity index (χ3n) is 3.62. The van der Waals surface area contributed by atoms with Gasteiger partial charge < -0.3 is 0 Å². The molecule has 0 aliphatic heterocycles. The molecule has 0 unspecified atom stereocenters. The first-order chi connectivity index (χ1) is 9.33. The summed E-state index contributed by atoms with van der Waals surface area (Å²) < 4.78 is 0. The van der Waals surface area contributed by atoms with Crippen LogP contribution in [0.4, 0.5) is 0 Å². The van der Waals surface area contributed by atoms with Gasteiger partial charge in [-0.05, 0) is 38.2 Å². The molecule has 2 aromatic rings. The minimum atomic E-state index is 0.806. The lowest BCUT2D eigenvalue weighted by molar-refractivity contribution is 0.741. The largest absolute Gasteiger partial charge is 0.236 e. The number of aryl methyl sites for hydroxylation is 1. The van der Waals surface area contributed by atoms with E-state index in [0.29, 0.717) is 0 Å². The highest BCUT2D eigenvalue weighted by atomic mass is 14.9. The zero-order chi connectivity index (χ0) is 13.1. The normalized spacial score (nSPS) is 15.1. The second-order valence-electron chi connectivity index (χ2n) is 5.14. The number of hydrogen-bond acceptors (Lipinski definition) is 2. The Bertz CT molecular complexity index is 580. The molecule has 0 saturated carbocycles. The van der Waals surface area contributed by atoms with Crippen molar-refractivity contribution in [1.82, 2.24) is 9.97 Å². The number of hydrogen-bond donors (Lipinski definition) is 0. The van der Waals surface area contributed by atoms with Crippen LogP contribution in [0.2, 0.25) is 0 Å². The maximum atomic E-state index is 4.50. The molecule has 19 heavy (non-hydrogen) atoms. The summed E-state index contributed by atoms with van der Waals surface area (Å²) in [6.07, 6.45) is 11.2. The highest BCUT2D eigenvalue weighted by Crippen LogP contribution is 2.26. The number of aromatic nitrogens is 2. The first-order valence-electron chi connectivity index (χ1n) is 6.91. The predicted molar refractivity (Wildman–Crippen MR) is 78.7 cm³/mol. The highest BCUT2D eigenvalue weighted by Gasteiger charge is 2.08. The molecule has 1 aromatic carbocycles. The summed E-state index contributed by atoms with van der Waals surface area (Å²) in [5.41, 5.74) is 4.92. The Morgan fingerprint density at radius 1 is 0.895 bits per heavy atom. The molecule has 0 N–H and O–H groups in total. The Morgan fingerprint density at radius 2 is 1.63 bits per heavy atom. The Balaban J connectivity index is 1.86. The molecule has 1 heterocycles. The van der Waals surface area contributed by atoms with E-state index in [1.807, 2.05) is 12.4 Å². The zero-order valence-corrected chi connectivity index (χ0v) is 11.3. The van der Waals surface area contributed by atoms with Gasteiger partial charge in [-0.25, -0.2) is 9.97 Å². The van der Waals surface area contributed by atoms with E-state index in [0.717, 1.165) is 17.8 Å². The summed E-state index contributed by atoms with van der Waals surface area (Å²) in [6, 6.07) is 8.33. The average Bonchev–Trinajstić information content (AvgIpc) is 2.49. The van der Waals surface area contributed by atoms with Gasteiger partial charge in [0.25, 0.3) is 0 Å². The molecule has 3 rings (SSSR count). The maximum absolute atomic E-state index is 4.50. The highest BCUT2D eigenvalue weighted by molar-refractivity contribution is 5.66. The average molecular weight is 250 g/mol. The van der Waals surface area contributed by atoms with Crippen molar-refractivity contribution in [1.29, 1.82) is 0 Å². The lowest BCUT2D eigenvalue weighted by Crippen LogP contribution is -1.95. The fourth-order valence-corrected chi connectivity index (χ4v) is 2.45. The summed E-state index contributed by atoms with van der Waals surface area (Å²) in [5.74, 6) is 0.806. The molecule has 0 saturated heterocycles. The van der Waals surface area contributed by atoms with Crippen molar-refractivity contribution < 1.29 is 0 Å². The van der Waals surface area contributed by atoms with Crippen molar-refractivity contribution in [2.24, 2.45) is 0 Å². The van der Waals surface area contributed by atoms with Gasteiger partial charge >= 0.3 is 0 Å². The van der Waals surface area contributed by atoms with E-state index in [4.69, 9.17) is 0 Å². The number of nitrogens with zero attached hydrogens (tertiary/aromatic N) is 2. The van der Waals surface area contributed by atoms with Crippen LogP contribution >= 0.6 is 0 Å². The van der Waals surface area contributed by atoms with E-state index < -0.39 is 0 Å². The second kappa shape index (κ2) is 5.35. The first-order valence-corrected chi connectivity index (χ1v) is 6.91. The molecule has 2 nitrogen and oxygen atoms in total. The van der Waals surface area contributed by atoms with Gasteiger partial charge in [0.1, 0.15) is 0 Å². The summed E-state index contributed by atoms with van der Waals surface area (Å²) in [4.78, 5) is 9.00. The van der Waals surface area contributed by atoms with Gasteiger partial charge in [-0.1, -0.05) is 35.9 Å². The fraction of sp³-hybridized carbons (Fsp3) is 0.294. The van der Waals surface area contributed by atoms with Crippen LogP contribution in [-0.4, -0.2) is 9.97 Å². The molecule has 0 amide bonds. The van der Waals surface area contributed by atoms with Gasteiger partial charge in [-0.2, -0.15) is 0 Å². The lowest BCUT2D eigenvalue weighted by atomic mass is 9.95. The lowest BCUT2D eigenvalue weighted by Gasteiger charge is -2.12. The minimum Gasteiger partial charge on any atom is -0.236 e. The van der Waals surface area contributed by atoms with Crippen LogP contribution in [0.25, 0.3) is 17.0 Å². The van der Waals surface area contributed by atoms with Crippen LogP contribution in [0.15, 0.2) is 42.7 Å². The van der Waals surface area contributed by atoms with Crippen molar-refractivity contribution in [3.8, 4) is 11.4 Å². The van der Waals surface area contributed by atoms with Crippen molar-refractivity contribution in [3.63, 3.8) is 0 Å². The van der Waals surface area contributed by atoms with Crippen LogP contribution in [0.5, 0.6) is 0 Å².